The third-order valence-corrected chi connectivity index (χ3v) is 2.68. The summed E-state index contributed by atoms with van der Waals surface area (Å²) in [5.41, 5.74) is 2.86. The maximum absolute atomic E-state index is 11.7. The number of carbonyl (C=O) groups is 1. The Morgan fingerprint density at radius 2 is 1.79 bits per heavy atom. The molecule has 0 spiro atoms. The van der Waals surface area contributed by atoms with Crippen LogP contribution in [0.5, 0.6) is 0 Å². The molecule has 0 bridgehead atoms. The number of amides is 1. The number of pyridine rings is 1. The van der Waals surface area contributed by atoms with E-state index >= 15 is 0 Å². The van der Waals surface area contributed by atoms with Crippen LogP contribution in [0.2, 0.25) is 0 Å². The van der Waals surface area contributed by atoms with Gasteiger partial charge in [0.2, 0.25) is 0 Å². The molecular formula is C11H15N2O+. The Bertz CT molecular complexity index is 304. The molecule has 1 amide bonds. The molecule has 3 nitrogen and oxygen atoms in total. The fraction of sp³-hybridized carbons (Fsp3) is 0.455. The van der Waals surface area contributed by atoms with Crippen molar-refractivity contribution < 1.29 is 9.47 Å². The molecule has 1 aromatic rings. The quantitative estimate of drug-likeness (QED) is 0.701. The largest absolute Gasteiger partial charge is 0.277 e. The van der Waals surface area contributed by atoms with Gasteiger partial charge in [0.1, 0.15) is 0 Å². The van der Waals surface area contributed by atoms with Crippen molar-refractivity contribution in [3.8, 4) is 0 Å². The Hall–Kier alpha value is -1.38. The summed E-state index contributed by atoms with van der Waals surface area (Å²) < 4.78 is 1.71. The van der Waals surface area contributed by atoms with Crippen LogP contribution < -0.4 is 10.1 Å². The molecule has 0 aromatic carbocycles. The van der Waals surface area contributed by atoms with Crippen LogP contribution in [0.3, 0.4) is 0 Å². The fourth-order valence-corrected chi connectivity index (χ4v) is 1.88. The third-order valence-electron chi connectivity index (χ3n) is 2.68. The zero-order valence-corrected chi connectivity index (χ0v) is 8.15. The average molecular weight is 191 g/mol. The van der Waals surface area contributed by atoms with Gasteiger partial charge < -0.3 is 0 Å². The Morgan fingerprint density at radius 3 is 2.43 bits per heavy atom. The molecule has 1 heterocycles. The first kappa shape index (κ1) is 9.19. The molecule has 2 rings (SSSR count). The molecule has 74 valence electrons. The molecule has 14 heavy (non-hydrogen) atoms. The summed E-state index contributed by atoms with van der Waals surface area (Å²) in [5.74, 6) is 0.376. The number of hydrogen-bond acceptors (Lipinski definition) is 1. The highest BCUT2D eigenvalue weighted by molar-refractivity contribution is 5.84. The summed E-state index contributed by atoms with van der Waals surface area (Å²) in [4.78, 5) is 11.7. The van der Waals surface area contributed by atoms with E-state index in [0.29, 0.717) is 0 Å². The summed E-state index contributed by atoms with van der Waals surface area (Å²) in [6.45, 7) is 0. The molecule has 1 aliphatic rings. The minimum Gasteiger partial charge on any atom is -0.269 e. The monoisotopic (exact) mass is 191 g/mol. The van der Waals surface area contributed by atoms with E-state index in [9.17, 15) is 4.79 Å². The van der Waals surface area contributed by atoms with Gasteiger partial charge in [0.15, 0.2) is 12.4 Å². The van der Waals surface area contributed by atoms with Crippen molar-refractivity contribution >= 4 is 5.91 Å². The Labute approximate surface area is 83.7 Å². The van der Waals surface area contributed by atoms with E-state index in [1.54, 1.807) is 4.68 Å². The Balaban J connectivity index is 1.94. The Morgan fingerprint density at radius 1 is 1.14 bits per heavy atom. The standard InChI is InChI=1S/C11H14N2O/c14-11(10-6-2-3-7-10)12-13-8-4-1-5-9-13/h1,4-5,8-10H,2-3,6-7H2/p+1. The Kier molecular flexibility index (Phi) is 2.77. The molecule has 3 heteroatoms. The van der Waals surface area contributed by atoms with Gasteiger partial charge in [0.05, 0.1) is 0 Å². The fourth-order valence-electron chi connectivity index (χ4n) is 1.88. The van der Waals surface area contributed by atoms with Gasteiger partial charge in [-0.25, -0.2) is 0 Å². The van der Waals surface area contributed by atoms with Crippen LogP contribution in [0.1, 0.15) is 25.7 Å². The first-order valence-corrected chi connectivity index (χ1v) is 5.13. The highest BCUT2D eigenvalue weighted by Crippen LogP contribution is 2.24. The second kappa shape index (κ2) is 4.22. The molecule has 0 saturated heterocycles. The van der Waals surface area contributed by atoms with E-state index in [-0.39, 0.29) is 11.8 Å². The molecule has 1 aliphatic carbocycles. The van der Waals surface area contributed by atoms with E-state index < -0.39 is 0 Å². The number of nitrogens with one attached hydrogen (secondary N) is 1. The van der Waals surface area contributed by atoms with Gasteiger partial charge in [0, 0.05) is 18.1 Å². The van der Waals surface area contributed by atoms with Gasteiger partial charge in [-0.2, -0.15) is 0 Å². The lowest BCUT2D eigenvalue weighted by atomic mass is 10.1. The van der Waals surface area contributed by atoms with Crippen molar-refractivity contribution in [1.82, 2.24) is 0 Å². The zero-order valence-electron chi connectivity index (χ0n) is 8.15. The molecule has 1 fully saturated rings. The molecular weight excluding hydrogens is 176 g/mol. The van der Waals surface area contributed by atoms with E-state index in [1.165, 1.54) is 12.8 Å². The summed E-state index contributed by atoms with van der Waals surface area (Å²) >= 11 is 0. The summed E-state index contributed by atoms with van der Waals surface area (Å²) in [6.07, 6.45) is 8.15. The van der Waals surface area contributed by atoms with Crippen LogP contribution in [0.15, 0.2) is 30.6 Å². The van der Waals surface area contributed by atoms with Crippen LogP contribution in [-0.2, 0) is 4.79 Å². The van der Waals surface area contributed by atoms with Gasteiger partial charge in [-0.3, -0.25) is 4.79 Å². The van der Waals surface area contributed by atoms with Gasteiger partial charge >= 0.3 is 0 Å². The molecule has 0 aliphatic heterocycles. The van der Waals surface area contributed by atoms with E-state index in [0.717, 1.165) is 12.8 Å². The minimum absolute atomic E-state index is 0.152. The first-order valence-electron chi connectivity index (χ1n) is 5.13. The van der Waals surface area contributed by atoms with Crippen LogP contribution in [-0.4, -0.2) is 5.91 Å². The second-order valence-electron chi connectivity index (χ2n) is 3.74. The predicted octanol–water partition coefficient (Wildman–Crippen LogP) is 1.23. The molecule has 0 atom stereocenters. The lowest BCUT2D eigenvalue weighted by Gasteiger charge is -2.04. The van der Waals surface area contributed by atoms with Gasteiger partial charge in [-0.1, -0.05) is 23.6 Å². The molecule has 1 N–H and O–H groups in total. The predicted molar refractivity (Wildman–Crippen MR) is 53.0 cm³/mol. The number of carbonyl (C=O) groups excluding carboxylic acids is 1. The lowest BCUT2D eigenvalue weighted by Crippen LogP contribution is -2.49. The van der Waals surface area contributed by atoms with Crippen molar-refractivity contribution in [2.24, 2.45) is 5.92 Å². The van der Waals surface area contributed by atoms with Crippen molar-refractivity contribution in [2.45, 2.75) is 25.7 Å². The highest BCUT2D eigenvalue weighted by Gasteiger charge is 2.24. The normalized spacial score (nSPS) is 16.9. The smallest absolute Gasteiger partial charge is 0.269 e. The van der Waals surface area contributed by atoms with Gasteiger partial charge in [-0.05, 0) is 12.8 Å². The van der Waals surface area contributed by atoms with Crippen LogP contribution in [0, 0.1) is 5.92 Å². The SMILES string of the molecule is O=C(N[n+]1ccccc1)C1CCCC1. The molecule has 1 aromatic heterocycles. The summed E-state index contributed by atoms with van der Waals surface area (Å²) in [5, 5.41) is 0. The van der Waals surface area contributed by atoms with E-state index in [4.69, 9.17) is 0 Å². The summed E-state index contributed by atoms with van der Waals surface area (Å²) in [7, 11) is 0. The second-order valence-corrected chi connectivity index (χ2v) is 3.74. The zero-order chi connectivity index (χ0) is 9.80. The lowest BCUT2D eigenvalue weighted by molar-refractivity contribution is -0.642. The molecule has 0 radical (unpaired) electrons. The minimum atomic E-state index is 0.152. The van der Waals surface area contributed by atoms with Crippen molar-refractivity contribution in [3.63, 3.8) is 0 Å². The van der Waals surface area contributed by atoms with Crippen molar-refractivity contribution in [1.29, 1.82) is 0 Å². The molecule has 0 unspecified atom stereocenters. The van der Waals surface area contributed by atoms with Crippen LogP contribution in [0.25, 0.3) is 0 Å². The number of rotatable bonds is 2. The van der Waals surface area contributed by atoms with Crippen LogP contribution >= 0.6 is 0 Å². The van der Waals surface area contributed by atoms with E-state index in [2.05, 4.69) is 5.43 Å². The highest BCUT2D eigenvalue weighted by atomic mass is 16.2. The number of hydrogen-bond donors (Lipinski definition) is 1. The van der Waals surface area contributed by atoms with Gasteiger partial charge in [-0.15, -0.1) is 5.43 Å². The summed E-state index contributed by atoms with van der Waals surface area (Å²) in [6, 6.07) is 5.72. The van der Waals surface area contributed by atoms with Crippen molar-refractivity contribution in [2.75, 3.05) is 5.43 Å². The van der Waals surface area contributed by atoms with E-state index in [1.807, 2.05) is 30.6 Å². The topological polar surface area (TPSA) is 33.0 Å². The van der Waals surface area contributed by atoms with Crippen LogP contribution in [0.4, 0.5) is 0 Å². The third kappa shape index (κ3) is 2.10. The number of nitrogens with zero attached hydrogens (tertiary/aromatic N) is 1. The maximum atomic E-state index is 11.7. The average Bonchev–Trinajstić information content (AvgIpc) is 2.72. The van der Waals surface area contributed by atoms with Gasteiger partial charge in [0.25, 0.3) is 5.91 Å². The van der Waals surface area contributed by atoms with Crippen molar-refractivity contribution in [3.05, 3.63) is 30.6 Å². The first-order chi connectivity index (χ1) is 6.86. The molecule has 1 saturated carbocycles. The number of aromatic nitrogens is 1. The maximum Gasteiger partial charge on any atom is 0.277 e.